The summed E-state index contributed by atoms with van der Waals surface area (Å²) in [4.78, 5) is 13.3. The first kappa shape index (κ1) is 23.5. The Hall–Kier alpha value is -3.65. The van der Waals surface area contributed by atoms with Crippen molar-refractivity contribution in [2.24, 2.45) is 0 Å². The third-order valence-corrected chi connectivity index (χ3v) is 5.57. The maximum absolute atomic E-state index is 6.32. The fourth-order valence-corrected chi connectivity index (χ4v) is 3.70. The number of hydrogen-bond acceptors (Lipinski definition) is 8. The van der Waals surface area contributed by atoms with Crippen molar-refractivity contribution in [3.63, 3.8) is 0 Å². The van der Waals surface area contributed by atoms with Crippen LogP contribution in [0, 0.1) is 0 Å². The van der Waals surface area contributed by atoms with Gasteiger partial charge in [-0.05, 0) is 60.7 Å². The fraction of sp³-hybridized carbons (Fsp3) is 0.346. The van der Waals surface area contributed by atoms with Gasteiger partial charge in [0, 0.05) is 26.3 Å². The largest absolute Gasteiger partial charge is 0.492 e. The molecule has 1 aromatic carbocycles. The van der Waals surface area contributed by atoms with Gasteiger partial charge in [-0.15, -0.1) is 0 Å². The lowest BCUT2D eigenvalue weighted by Gasteiger charge is -2.19. The molecule has 0 aliphatic carbocycles. The van der Waals surface area contributed by atoms with Crippen molar-refractivity contribution >= 4 is 23.1 Å². The second kappa shape index (κ2) is 11.5. The van der Waals surface area contributed by atoms with Crippen LogP contribution in [0.2, 0.25) is 0 Å². The fourth-order valence-electron chi connectivity index (χ4n) is 3.70. The molecule has 34 heavy (non-hydrogen) atoms. The zero-order chi connectivity index (χ0) is 23.8. The number of nitrogens with one attached hydrogen (secondary N) is 1. The molecular weight excluding hydrogens is 430 g/mol. The van der Waals surface area contributed by atoms with E-state index < -0.39 is 0 Å². The minimum atomic E-state index is 0.0662. The van der Waals surface area contributed by atoms with E-state index in [2.05, 4.69) is 27.2 Å². The number of nitrogen functional groups attached to an aromatic ring is 1. The highest BCUT2D eigenvalue weighted by Gasteiger charge is 2.13. The van der Waals surface area contributed by atoms with Gasteiger partial charge in [0.1, 0.15) is 29.1 Å². The van der Waals surface area contributed by atoms with E-state index in [4.69, 9.17) is 19.9 Å². The molecule has 0 bridgehead atoms. The van der Waals surface area contributed by atoms with Crippen molar-refractivity contribution in [3.8, 4) is 16.9 Å². The highest BCUT2D eigenvalue weighted by Crippen LogP contribution is 2.31. The number of nitrogens with zero attached hydrogens (tertiary/aromatic N) is 3. The topological polar surface area (TPSA) is 104 Å². The molecule has 0 fully saturated rings. The second-order valence-electron chi connectivity index (χ2n) is 8.09. The van der Waals surface area contributed by atoms with Crippen LogP contribution in [-0.4, -0.2) is 41.4 Å². The first-order valence-corrected chi connectivity index (χ1v) is 11.6. The molecule has 0 saturated heterocycles. The van der Waals surface area contributed by atoms with E-state index in [1.54, 1.807) is 25.7 Å². The van der Waals surface area contributed by atoms with Crippen molar-refractivity contribution in [2.75, 3.05) is 31.4 Å². The molecule has 8 nitrogen and oxygen atoms in total. The van der Waals surface area contributed by atoms with Crippen LogP contribution in [0.1, 0.15) is 38.3 Å². The number of allylic oxidation sites excluding steroid dienone is 1. The van der Waals surface area contributed by atoms with Gasteiger partial charge in [0.05, 0.1) is 24.7 Å². The van der Waals surface area contributed by atoms with Crippen molar-refractivity contribution in [3.05, 3.63) is 60.7 Å². The minimum Gasteiger partial charge on any atom is -0.492 e. The number of nitrogens with two attached hydrogens (primary N) is 1. The van der Waals surface area contributed by atoms with Crippen LogP contribution in [0.15, 0.2) is 55.0 Å². The van der Waals surface area contributed by atoms with E-state index in [1.165, 1.54) is 0 Å². The highest BCUT2D eigenvalue weighted by molar-refractivity contribution is 5.73. The summed E-state index contributed by atoms with van der Waals surface area (Å²) in [5.74, 6) is 2.72. The summed E-state index contributed by atoms with van der Waals surface area (Å²) in [7, 11) is 1.69. The number of hydrogen-bond donors (Lipinski definition) is 2. The number of rotatable bonds is 10. The Balaban J connectivity index is 1.48. The summed E-state index contributed by atoms with van der Waals surface area (Å²) in [6.07, 6.45) is 11.0. The third-order valence-electron chi connectivity index (χ3n) is 5.57. The van der Waals surface area contributed by atoms with Crippen LogP contribution >= 0.6 is 0 Å². The Morgan fingerprint density at radius 1 is 1.15 bits per heavy atom. The van der Waals surface area contributed by atoms with E-state index in [1.807, 2.05) is 36.4 Å². The van der Waals surface area contributed by atoms with E-state index in [0.29, 0.717) is 42.0 Å². The van der Waals surface area contributed by atoms with Gasteiger partial charge in [-0.1, -0.05) is 13.0 Å². The first-order valence-electron chi connectivity index (χ1n) is 11.6. The lowest BCUT2D eigenvalue weighted by atomic mass is 10.1. The van der Waals surface area contributed by atoms with Crippen molar-refractivity contribution < 1.29 is 14.2 Å². The standard InChI is InChI=1S/C26H31N5O3/c1-3-20(10-13-32-2)34-23-8-7-18(14-21(23)27)19-9-11-29-25(15-19)31-26-17-28-16-22(30-26)24-6-4-5-12-33-24/h6-9,11,14-17,20H,3-5,10,12-13,27H2,1-2H3,(H,29,30,31). The van der Waals surface area contributed by atoms with Gasteiger partial charge in [-0.25, -0.2) is 9.97 Å². The van der Waals surface area contributed by atoms with Crippen LogP contribution in [0.3, 0.4) is 0 Å². The molecule has 1 unspecified atom stereocenters. The minimum absolute atomic E-state index is 0.0662. The molecule has 178 valence electrons. The van der Waals surface area contributed by atoms with Crippen molar-refractivity contribution in [2.45, 2.75) is 38.7 Å². The van der Waals surface area contributed by atoms with E-state index in [0.717, 1.165) is 42.6 Å². The SMILES string of the molecule is CCC(CCOC)Oc1ccc(-c2ccnc(Nc3cncc(C4=CCCCO4)n3)c2)cc1N. The molecule has 0 saturated carbocycles. The van der Waals surface area contributed by atoms with Gasteiger partial charge >= 0.3 is 0 Å². The molecule has 1 aliphatic heterocycles. The molecule has 0 amide bonds. The normalized spacial score (nSPS) is 14.1. The molecular formula is C26H31N5O3. The third kappa shape index (κ3) is 6.02. The zero-order valence-electron chi connectivity index (χ0n) is 19.7. The van der Waals surface area contributed by atoms with Gasteiger partial charge in [0.25, 0.3) is 0 Å². The molecule has 0 radical (unpaired) electrons. The van der Waals surface area contributed by atoms with E-state index in [-0.39, 0.29) is 6.10 Å². The second-order valence-corrected chi connectivity index (χ2v) is 8.09. The Morgan fingerprint density at radius 2 is 2.03 bits per heavy atom. The first-order chi connectivity index (χ1) is 16.7. The van der Waals surface area contributed by atoms with Crippen LogP contribution in [0.25, 0.3) is 16.9 Å². The molecule has 3 aromatic rings. The molecule has 3 heterocycles. The summed E-state index contributed by atoms with van der Waals surface area (Å²) in [5.41, 5.74) is 9.57. The molecule has 8 heteroatoms. The zero-order valence-corrected chi connectivity index (χ0v) is 19.7. The van der Waals surface area contributed by atoms with Crippen molar-refractivity contribution in [1.82, 2.24) is 15.0 Å². The lowest BCUT2D eigenvalue weighted by Crippen LogP contribution is -2.18. The molecule has 3 N–H and O–H groups in total. The van der Waals surface area contributed by atoms with Crippen LogP contribution in [0.5, 0.6) is 5.75 Å². The smallest absolute Gasteiger partial charge is 0.150 e. The number of benzene rings is 1. The Bertz CT molecular complexity index is 1130. The summed E-state index contributed by atoms with van der Waals surface area (Å²) in [5, 5.41) is 3.24. The molecule has 1 aliphatic rings. The van der Waals surface area contributed by atoms with Gasteiger partial charge in [-0.3, -0.25) is 4.98 Å². The molecule has 4 rings (SSSR count). The van der Waals surface area contributed by atoms with Crippen LogP contribution in [0.4, 0.5) is 17.3 Å². The Kier molecular flexibility index (Phi) is 7.93. The van der Waals surface area contributed by atoms with Crippen LogP contribution < -0.4 is 15.8 Å². The van der Waals surface area contributed by atoms with E-state index in [9.17, 15) is 0 Å². The van der Waals surface area contributed by atoms with E-state index >= 15 is 0 Å². The van der Waals surface area contributed by atoms with Gasteiger partial charge in [0.15, 0.2) is 5.82 Å². The average molecular weight is 462 g/mol. The van der Waals surface area contributed by atoms with Crippen molar-refractivity contribution in [1.29, 1.82) is 0 Å². The summed E-state index contributed by atoms with van der Waals surface area (Å²) in [6, 6.07) is 9.73. The average Bonchev–Trinajstić information content (AvgIpc) is 2.88. The molecule has 1 atom stereocenters. The highest BCUT2D eigenvalue weighted by atomic mass is 16.5. The monoisotopic (exact) mass is 461 g/mol. The van der Waals surface area contributed by atoms with Gasteiger partial charge in [0.2, 0.25) is 0 Å². The summed E-state index contributed by atoms with van der Waals surface area (Å²) in [6.45, 7) is 3.45. The van der Waals surface area contributed by atoms with Crippen LogP contribution in [-0.2, 0) is 9.47 Å². The quantitative estimate of drug-likeness (QED) is 0.397. The predicted octanol–water partition coefficient (Wildman–Crippen LogP) is 5.21. The summed E-state index contributed by atoms with van der Waals surface area (Å²) >= 11 is 0. The molecule has 0 spiro atoms. The number of pyridine rings is 1. The number of methoxy groups -OCH3 is 1. The lowest BCUT2D eigenvalue weighted by molar-refractivity contribution is 0.123. The maximum atomic E-state index is 6.32. The number of anilines is 3. The number of aromatic nitrogens is 3. The maximum Gasteiger partial charge on any atom is 0.150 e. The number of ether oxygens (including phenoxy) is 3. The van der Waals surface area contributed by atoms with Gasteiger partial charge < -0.3 is 25.3 Å². The Morgan fingerprint density at radius 3 is 2.79 bits per heavy atom. The summed E-state index contributed by atoms with van der Waals surface area (Å²) < 4.78 is 17.0. The molecule has 2 aromatic heterocycles. The van der Waals surface area contributed by atoms with Gasteiger partial charge in [-0.2, -0.15) is 0 Å². The Labute approximate surface area is 200 Å². The predicted molar refractivity (Wildman–Crippen MR) is 134 cm³/mol.